The highest BCUT2D eigenvalue weighted by atomic mass is 16.7. The van der Waals surface area contributed by atoms with Crippen molar-refractivity contribution < 1.29 is 72.4 Å². The van der Waals surface area contributed by atoms with Crippen LogP contribution in [0.5, 0.6) is 11.5 Å². The number of aliphatic hydroxyl groups is 3. The zero-order valence-corrected chi connectivity index (χ0v) is 46.9. The Labute approximate surface area is 466 Å². The number of ether oxygens (including phenoxy) is 6. The number of hydrogen-bond donors (Lipinski definition) is 5. The second-order valence-corrected chi connectivity index (χ2v) is 21.5. The molecular weight excluding hydrogens is 1050 g/mol. The number of methoxy groups -OCH3 is 1. The second-order valence-electron chi connectivity index (χ2n) is 21.5. The molecule has 6 heterocycles. The molecule has 1 saturated heterocycles. The molecule has 9 rings (SSSR count). The summed E-state index contributed by atoms with van der Waals surface area (Å²) in [5, 5.41) is 49.7. The van der Waals surface area contributed by atoms with Crippen LogP contribution in [0.15, 0.2) is 86.8 Å². The fourth-order valence-corrected chi connectivity index (χ4v) is 10.7. The Morgan fingerprint density at radius 3 is 2.28 bits per heavy atom. The number of phenols is 1. The number of allylic oxidation sites excluding steroid dienone is 2. The molecular formula is C59H69N5O17. The number of fused-ring (bicyclic) bond motifs is 14. The molecule has 4 aliphatic heterocycles. The monoisotopic (exact) mass is 1120 g/mol. The number of pyridine rings is 1. The minimum Gasteiger partial charge on any atom is -0.507 e. The van der Waals surface area contributed by atoms with Crippen molar-refractivity contribution in [2.24, 2.45) is 29.6 Å². The van der Waals surface area contributed by atoms with Crippen LogP contribution in [0, 0.1) is 36.5 Å². The molecule has 0 radical (unpaired) electrons. The van der Waals surface area contributed by atoms with Gasteiger partial charge in [0.15, 0.2) is 29.0 Å². The van der Waals surface area contributed by atoms with Crippen LogP contribution in [-0.2, 0) is 38.1 Å². The minimum absolute atomic E-state index is 0.0343. The Bertz CT molecular complexity index is 3520. The number of aromatic hydroxyl groups is 1. The summed E-state index contributed by atoms with van der Waals surface area (Å²) in [6, 6.07) is 5.80. The van der Waals surface area contributed by atoms with Gasteiger partial charge in [-0.15, -0.1) is 0 Å². The molecule has 5 aromatic rings. The molecule has 2 aromatic heterocycles. The van der Waals surface area contributed by atoms with Crippen LogP contribution in [0.4, 0.5) is 11.4 Å². The number of amides is 1. The summed E-state index contributed by atoms with van der Waals surface area (Å²) in [6.07, 6.45) is 5.23. The van der Waals surface area contributed by atoms with E-state index in [1.165, 1.54) is 89.0 Å². The summed E-state index contributed by atoms with van der Waals surface area (Å²) < 4.78 is 41.3. The van der Waals surface area contributed by atoms with Gasteiger partial charge in [-0.3, -0.25) is 29.1 Å². The van der Waals surface area contributed by atoms with Gasteiger partial charge in [0.1, 0.15) is 35.4 Å². The molecule has 432 valence electrons. The number of piperazine rings is 1. The molecule has 0 aliphatic carbocycles. The molecule has 22 nitrogen and oxygen atoms in total. The SMILES string of the molecule is COC1/C=C/OC2(C)Oc3c(C)c(O)c4c(=O)c(c5oc6cc(N7CCN(CC(C)C)CC7)cc(=O)c6nc5c4c3=C2O)NC(=O)/C(COC(=O)COC(=O)c2ccncc2)=C\C=C\C(C)C(O)C(C)C(O)C(C)C(OC(C)=O)C1C. The molecule has 0 saturated carbocycles. The van der Waals surface area contributed by atoms with E-state index in [2.05, 4.69) is 29.0 Å². The average molecular weight is 1120 g/mol. The van der Waals surface area contributed by atoms with Gasteiger partial charge >= 0.3 is 23.7 Å². The quantitative estimate of drug-likeness (QED) is 0.0525. The van der Waals surface area contributed by atoms with Crippen LogP contribution in [-0.4, -0.2) is 142 Å². The molecule has 1 fully saturated rings. The van der Waals surface area contributed by atoms with Gasteiger partial charge < -0.3 is 63.5 Å². The van der Waals surface area contributed by atoms with Gasteiger partial charge in [-0.1, -0.05) is 59.8 Å². The van der Waals surface area contributed by atoms with Crippen molar-refractivity contribution in [1.82, 2.24) is 14.9 Å². The van der Waals surface area contributed by atoms with Crippen molar-refractivity contribution in [3.8, 4) is 11.5 Å². The third-order valence-corrected chi connectivity index (χ3v) is 15.3. The van der Waals surface area contributed by atoms with Crippen LogP contribution >= 0.6 is 0 Å². The molecule has 4 aliphatic rings. The van der Waals surface area contributed by atoms with Crippen molar-refractivity contribution >= 4 is 73.9 Å². The molecule has 81 heavy (non-hydrogen) atoms. The second kappa shape index (κ2) is 24.4. The largest absolute Gasteiger partial charge is 0.507 e. The lowest BCUT2D eigenvalue weighted by molar-refractivity contribution is -0.160. The maximum atomic E-state index is 15.3. The lowest BCUT2D eigenvalue weighted by Gasteiger charge is -2.38. The van der Waals surface area contributed by atoms with Crippen LogP contribution in [0.2, 0.25) is 0 Å². The van der Waals surface area contributed by atoms with Crippen molar-refractivity contribution in [2.75, 3.05) is 63.3 Å². The third-order valence-electron chi connectivity index (χ3n) is 15.3. The first-order valence-corrected chi connectivity index (χ1v) is 26.8. The number of rotatable bonds is 10. The number of carbonyl (C=O) groups excluding carboxylic acids is 4. The van der Waals surface area contributed by atoms with Crippen LogP contribution in [0.25, 0.3) is 38.7 Å². The lowest BCUT2D eigenvalue weighted by Crippen LogP contribution is -2.47. The van der Waals surface area contributed by atoms with Crippen LogP contribution < -0.4 is 31.0 Å². The van der Waals surface area contributed by atoms with E-state index in [1.54, 1.807) is 33.8 Å². The highest BCUT2D eigenvalue weighted by Crippen LogP contribution is 2.42. The van der Waals surface area contributed by atoms with Gasteiger partial charge in [-0.2, -0.15) is 0 Å². The highest BCUT2D eigenvalue weighted by molar-refractivity contribution is 6.17. The molecule has 9 unspecified atom stereocenters. The standard InChI is InChI=1S/C59H69N5O17/c1-29(2)26-63-19-21-64(22-20-63)38-24-39(66)46-41(25-38)80-55-47(61-46)43-44-51(70)34(7)54-45(43)56(72)59(9,81-54)78-23-16-40(75-10)31(4)53(79-35(8)65)33(6)50(69)32(5)49(68)30(3)12-11-13-37(57(73)62-48(55)52(44)71)27-76-42(67)28-77-58(74)36-14-17-60-18-15-36/h11-18,23-25,29-33,40,49-50,53,68-70,72H,19-22,26-28H2,1-10H3,(H,62,73)/b12-11+,23-16+,37-13-. The molecule has 9 atom stereocenters. The summed E-state index contributed by atoms with van der Waals surface area (Å²) >= 11 is 0. The van der Waals surface area contributed by atoms with Crippen LogP contribution in [0.3, 0.4) is 0 Å². The molecule has 1 amide bonds. The average Bonchev–Trinajstić information content (AvgIpc) is 3.92. The first kappa shape index (κ1) is 59.2. The van der Waals surface area contributed by atoms with Crippen molar-refractivity contribution in [2.45, 2.75) is 92.5 Å². The van der Waals surface area contributed by atoms with E-state index in [4.69, 9.17) is 37.8 Å². The van der Waals surface area contributed by atoms with Gasteiger partial charge in [-0.05, 0) is 31.1 Å². The number of aliphatic hydroxyl groups excluding tert-OH is 3. The van der Waals surface area contributed by atoms with E-state index in [-0.39, 0.29) is 55.3 Å². The summed E-state index contributed by atoms with van der Waals surface area (Å²) in [6.45, 7) is 16.9. The predicted molar refractivity (Wildman–Crippen MR) is 298 cm³/mol. The zero-order chi connectivity index (χ0) is 58.8. The normalized spacial score (nSPS) is 26.4. The summed E-state index contributed by atoms with van der Waals surface area (Å²) in [5.41, 5.74) is -2.77. The van der Waals surface area contributed by atoms with E-state index < -0.39 is 124 Å². The molecule has 5 N–H and O–H groups in total. The fourth-order valence-electron chi connectivity index (χ4n) is 10.7. The molecule has 5 bridgehead atoms. The van der Waals surface area contributed by atoms with E-state index in [1.807, 2.05) is 4.90 Å². The summed E-state index contributed by atoms with van der Waals surface area (Å²) in [7, 11) is 1.41. The van der Waals surface area contributed by atoms with Gasteiger partial charge in [0.05, 0.1) is 46.3 Å². The first-order chi connectivity index (χ1) is 38.4. The van der Waals surface area contributed by atoms with Crippen LogP contribution in [0.1, 0.15) is 71.3 Å². The number of phenolic OH excluding ortho intramolecular Hbond substituents is 1. The first-order valence-electron chi connectivity index (χ1n) is 26.8. The van der Waals surface area contributed by atoms with Crippen molar-refractivity contribution in [3.05, 3.63) is 110 Å². The third kappa shape index (κ3) is 12.2. The smallest absolute Gasteiger partial charge is 0.344 e. The lowest BCUT2D eigenvalue weighted by atomic mass is 9.78. The Kier molecular flexibility index (Phi) is 17.9. The zero-order valence-electron chi connectivity index (χ0n) is 46.9. The topological polar surface area (TPSA) is 296 Å². The van der Waals surface area contributed by atoms with E-state index >= 15 is 4.79 Å². The number of hydrogen-bond acceptors (Lipinski definition) is 21. The Morgan fingerprint density at radius 1 is 0.914 bits per heavy atom. The number of benzene rings is 3. The van der Waals surface area contributed by atoms with Crippen molar-refractivity contribution in [1.29, 1.82) is 0 Å². The van der Waals surface area contributed by atoms with E-state index in [0.29, 0.717) is 24.7 Å². The number of nitrogens with one attached hydrogen (secondary N) is 1. The minimum atomic E-state index is -2.07. The molecule has 0 spiro atoms. The predicted octanol–water partition coefficient (Wildman–Crippen LogP) is 5.11. The fraction of sp³-hybridized carbons (Fsp3) is 0.458. The summed E-state index contributed by atoms with van der Waals surface area (Å²) in [4.78, 5) is 95.8. The highest BCUT2D eigenvalue weighted by Gasteiger charge is 2.44. The van der Waals surface area contributed by atoms with Gasteiger partial charge in [-0.25, -0.2) is 14.6 Å². The van der Waals surface area contributed by atoms with Gasteiger partial charge in [0.2, 0.25) is 10.9 Å². The maximum absolute atomic E-state index is 15.3. The molecule has 3 aromatic carbocycles. The van der Waals surface area contributed by atoms with Gasteiger partial charge in [0.25, 0.3) is 5.91 Å². The Balaban J connectivity index is 1.32. The van der Waals surface area contributed by atoms with Crippen molar-refractivity contribution in [3.63, 3.8) is 0 Å². The van der Waals surface area contributed by atoms with E-state index in [0.717, 1.165) is 19.6 Å². The Morgan fingerprint density at radius 2 is 1.62 bits per heavy atom. The van der Waals surface area contributed by atoms with E-state index in [9.17, 15) is 44.4 Å². The molecule has 22 heteroatoms. The van der Waals surface area contributed by atoms with Gasteiger partial charge in [0, 0.05) is 119 Å². The summed E-state index contributed by atoms with van der Waals surface area (Å²) in [5.74, 6) is -9.63. The maximum Gasteiger partial charge on any atom is 0.344 e. The number of anilines is 2. The number of esters is 3. The Hall–Kier alpha value is -7.92. The number of nitrogens with zero attached hydrogens (tertiary/aromatic N) is 4. The number of aromatic nitrogens is 2. The number of carbonyl (C=O) groups is 4.